The average Bonchev–Trinajstić information content (AvgIpc) is 3.13. The molecule has 1 saturated heterocycles. The number of aromatic nitrogens is 2. The number of nitrogens with zero attached hydrogens (tertiary/aromatic N) is 3. The summed E-state index contributed by atoms with van der Waals surface area (Å²) in [6, 6.07) is -0.317. The molecular formula is C15H25N5O3S. The fourth-order valence-corrected chi connectivity index (χ4v) is 4.25. The molecule has 8 nitrogen and oxygen atoms in total. The molecular weight excluding hydrogens is 330 g/mol. The van der Waals surface area contributed by atoms with Gasteiger partial charge in [0.25, 0.3) is 0 Å². The number of fused-ring (bicyclic) bond motifs is 1. The van der Waals surface area contributed by atoms with E-state index in [0.29, 0.717) is 26.1 Å². The molecule has 2 N–H and O–H groups in total. The summed E-state index contributed by atoms with van der Waals surface area (Å²) in [5.41, 5.74) is 2.52. The summed E-state index contributed by atoms with van der Waals surface area (Å²) >= 11 is 0. The first-order valence-corrected chi connectivity index (χ1v) is 10.3. The van der Waals surface area contributed by atoms with Crippen LogP contribution in [0.25, 0.3) is 0 Å². The number of urea groups is 1. The molecule has 9 heteroatoms. The van der Waals surface area contributed by atoms with Crippen molar-refractivity contribution in [1.29, 1.82) is 0 Å². The Morgan fingerprint density at radius 2 is 2.21 bits per heavy atom. The first-order valence-electron chi connectivity index (χ1n) is 8.46. The minimum absolute atomic E-state index is 0.131. The summed E-state index contributed by atoms with van der Waals surface area (Å²) in [5.74, 6) is 0. The van der Waals surface area contributed by atoms with E-state index >= 15 is 0 Å². The Balaban J connectivity index is 1.44. The second-order valence-electron chi connectivity index (χ2n) is 6.60. The zero-order chi connectivity index (χ0) is 17.2. The molecule has 1 atom stereocenters. The maximum atomic E-state index is 12.2. The fraction of sp³-hybridized carbons (Fsp3) is 0.733. The van der Waals surface area contributed by atoms with Crippen LogP contribution in [-0.2, 0) is 29.4 Å². The molecule has 0 aromatic carbocycles. The van der Waals surface area contributed by atoms with Crippen LogP contribution in [0.1, 0.15) is 30.5 Å². The number of sulfonamides is 1. The van der Waals surface area contributed by atoms with Crippen LogP contribution in [-0.4, -0.2) is 61.1 Å². The van der Waals surface area contributed by atoms with Crippen LogP contribution in [0.2, 0.25) is 0 Å². The summed E-state index contributed by atoms with van der Waals surface area (Å²) in [4.78, 5) is 13.9. The number of likely N-dealkylation sites (tertiary alicyclic amines) is 1. The summed E-state index contributed by atoms with van der Waals surface area (Å²) in [6.07, 6.45) is 7.93. The van der Waals surface area contributed by atoms with Gasteiger partial charge in [-0.2, -0.15) is 5.10 Å². The molecule has 1 aromatic rings. The molecule has 134 valence electrons. The number of rotatable bonds is 5. The molecule has 0 spiro atoms. The number of carbonyl (C=O) groups excluding carboxylic acids is 1. The largest absolute Gasteiger partial charge is 0.338 e. The van der Waals surface area contributed by atoms with Gasteiger partial charge in [-0.05, 0) is 37.7 Å². The van der Waals surface area contributed by atoms with Gasteiger partial charge in [-0.25, -0.2) is 17.9 Å². The number of aryl methyl sites for hydroxylation is 1. The summed E-state index contributed by atoms with van der Waals surface area (Å²) in [5, 5.41) is 7.33. The molecule has 1 aromatic heterocycles. The standard InChI is InChI=1S/C15H25N5O3S/c1-24(22,23)18-13-6-9-19(11-13)15(21)16-7-5-12-10-17-20-8-3-2-4-14(12)20/h10,13,18H,2-9,11H2,1H3,(H,16,21)/t13-/m0/s1. The van der Waals surface area contributed by atoms with Gasteiger partial charge in [0.05, 0.1) is 12.5 Å². The van der Waals surface area contributed by atoms with Gasteiger partial charge in [0.15, 0.2) is 0 Å². The van der Waals surface area contributed by atoms with E-state index in [-0.39, 0.29) is 12.1 Å². The molecule has 2 amide bonds. The summed E-state index contributed by atoms with van der Waals surface area (Å²) in [7, 11) is -3.23. The molecule has 2 aliphatic rings. The zero-order valence-electron chi connectivity index (χ0n) is 14.0. The Labute approximate surface area is 142 Å². The number of nitrogens with one attached hydrogen (secondary N) is 2. The van der Waals surface area contributed by atoms with Gasteiger partial charge in [-0.15, -0.1) is 0 Å². The van der Waals surface area contributed by atoms with Crippen LogP contribution in [0.3, 0.4) is 0 Å². The predicted molar refractivity (Wildman–Crippen MR) is 90.2 cm³/mol. The van der Waals surface area contributed by atoms with Crippen molar-refractivity contribution in [3.8, 4) is 0 Å². The highest BCUT2D eigenvalue weighted by Gasteiger charge is 2.27. The highest BCUT2D eigenvalue weighted by Crippen LogP contribution is 2.18. The molecule has 0 radical (unpaired) electrons. The second kappa shape index (κ2) is 7.10. The van der Waals surface area contributed by atoms with Gasteiger partial charge < -0.3 is 10.2 Å². The van der Waals surface area contributed by atoms with Crippen LogP contribution in [0.5, 0.6) is 0 Å². The molecule has 0 bridgehead atoms. The lowest BCUT2D eigenvalue weighted by Gasteiger charge is -2.18. The lowest BCUT2D eigenvalue weighted by atomic mass is 10.1. The van der Waals surface area contributed by atoms with Gasteiger partial charge in [-0.3, -0.25) is 4.68 Å². The zero-order valence-corrected chi connectivity index (χ0v) is 14.8. The van der Waals surface area contributed by atoms with E-state index in [2.05, 4.69) is 19.8 Å². The van der Waals surface area contributed by atoms with Crippen molar-refractivity contribution >= 4 is 16.1 Å². The van der Waals surface area contributed by atoms with Crippen LogP contribution >= 0.6 is 0 Å². The Kier molecular flexibility index (Phi) is 5.09. The van der Waals surface area contributed by atoms with Crippen molar-refractivity contribution in [2.24, 2.45) is 0 Å². The van der Waals surface area contributed by atoms with E-state index in [1.54, 1.807) is 4.90 Å². The van der Waals surface area contributed by atoms with Gasteiger partial charge in [-0.1, -0.05) is 0 Å². The van der Waals surface area contributed by atoms with E-state index in [0.717, 1.165) is 25.6 Å². The molecule has 0 unspecified atom stereocenters. The minimum atomic E-state index is -3.23. The topological polar surface area (TPSA) is 96.3 Å². The highest BCUT2D eigenvalue weighted by atomic mass is 32.2. The van der Waals surface area contributed by atoms with Crippen molar-refractivity contribution in [2.45, 2.75) is 44.7 Å². The third-order valence-corrected chi connectivity index (χ3v) is 5.36. The Morgan fingerprint density at radius 3 is 3.00 bits per heavy atom. The maximum absolute atomic E-state index is 12.2. The average molecular weight is 355 g/mol. The molecule has 2 aliphatic heterocycles. The molecule has 3 heterocycles. The van der Waals surface area contributed by atoms with Gasteiger partial charge in [0.1, 0.15) is 0 Å². The number of carbonyl (C=O) groups is 1. The van der Waals surface area contributed by atoms with Crippen LogP contribution in [0.15, 0.2) is 6.20 Å². The van der Waals surface area contributed by atoms with Crippen LogP contribution in [0, 0.1) is 0 Å². The first-order chi connectivity index (χ1) is 11.4. The third-order valence-electron chi connectivity index (χ3n) is 4.60. The summed E-state index contributed by atoms with van der Waals surface area (Å²) < 4.78 is 27.1. The van der Waals surface area contributed by atoms with Gasteiger partial charge in [0, 0.05) is 37.9 Å². The van der Waals surface area contributed by atoms with E-state index in [9.17, 15) is 13.2 Å². The molecule has 0 saturated carbocycles. The van der Waals surface area contributed by atoms with Gasteiger partial charge >= 0.3 is 6.03 Å². The minimum Gasteiger partial charge on any atom is -0.338 e. The highest BCUT2D eigenvalue weighted by molar-refractivity contribution is 7.88. The van der Waals surface area contributed by atoms with Crippen molar-refractivity contribution < 1.29 is 13.2 Å². The SMILES string of the molecule is CS(=O)(=O)N[C@H]1CCN(C(=O)NCCc2cnn3c2CCCC3)C1. The number of amides is 2. The number of hydrogen-bond donors (Lipinski definition) is 2. The van der Waals surface area contributed by atoms with Crippen molar-refractivity contribution in [3.63, 3.8) is 0 Å². The van der Waals surface area contributed by atoms with E-state index < -0.39 is 10.0 Å². The second-order valence-corrected chi connectivity index (χ2v) is 8.38. The fourth-order valence-electron chi connectivity index (χ4n) is 3.45. The Morgan fingerprint density at radius 1 is 1.38 bits per heavy atom. The maximum Gasteiger partial charge on any atom is 0.317 e. The Bertz CT molecular complexity index is 700. The van der Waals surface area contributed by atoms with Crippen molar-refractivity contribution in [3.05, 3.63) is 17.5 Å². The lowest BCUT2D eigenvalue weighted by molar-refractivity contribution is 0.208. The van der Waals surface area contributed by atoms with E-state index in [1.807, 2.05) is 6.20 Å². The van der Waals surface area contributed by atoms with E-state index in [1.165, 1.54) is 24.1 Å². The Hall–Kier alpha value is -1.61. The van der Waals surface area contributed by atoms with Crippen molar-refractivity contribution in [1.82, 2.24) is 24.7 Å². The van der Waals surface area contributed by atoms with Crippen LogP contribution < -0.4 is 10.0 Å². The third kappa shape index (κ3) is 4.27. The summed E-state index contributed by atoms with van der Waals surface area (Å²) in [6.45, 7) is 2.55. The molecule has 24 heavy (non-hydrogen) atoms. The van der Waals surface area contributed by atoms with Crippen LogP contribution in [0.4, 0.5) is 4.79 Å². The first kappa shape index (κ1) is 17.2. The molecule has 1 fully saturated rings. The molecule has 0 aliphatic carbocycles. The smallest absolute Gasteiger partial charge is 0.317 e. The predicted octanol–water partition coefficient (Wildman–Crippen LogP) is 0.0950. The van der Waals surface area contributed by atoms with E-state index in [4.69, 9.17) is 0 Å². The normalized spacial score (nSPS) is 20.9. The molecule has 3 rings (SSSR count). The lowest BCUT2D eigenvalue weighted by Crippen LogP contribution is -2.42. The van der Waals surface area contributed by atoms with Gasteiger partial charge in [0.2, 0.25) is 10.0 Å². The quantitative estimate of drug-likeness (QED) is 0.783. The number of hydrogen-bond acceptors (Lipinski definition) is 4. The monoisotopic (exact) mass is 355 g/mol. The van der Waals surface area contributed by atoms with Crippen molar-refractivity contribution in [2.75, 3.05) is 25.9 Å².